The molecule has 0 spiro atoms. The number of thiol groups is 1. The van der Waals surface area contributed by atoms with Crippen molar-refractivity contribution in [2.75, 3.05) is 39.8 Å². The van der Waals surface area contributed by atoms with Crippen LogP contribution in [0.3, 0.4) is 0 Å². The van der Waals surface area contributed by atoms with Gasteiger partial charge in [0.25, 0.3) is 0 Å². The van der Waals surface area contributed by atoms with Crippen LogP contribution in [-0.4, -0.2) is 63.4 Å². The van der Waals surface area contributed by atoms with Crippen LogP contribution in [-0.2, 0) is 22.2 Å². The lowest BCUT2D eigenvalue weighted by atomic mass is 10.0. The molecule has 0 amide bonds. The lowest BCUT2D eigenvalue weighted by Crippen LogP contribution is -2.45. The van der Waals surface area contributed by atoms with Crippen molar-refractivity contribution < 1.29 is 17.9 Å². The zero-order valence-corrected chi connectivity index (χ0v) is 19.3. The molecule has 0 bridgehead atoms. The van der Waals surface area contributed by atoms with Crippen molar-refractivity contribution in [3.05, 3.63) is 71.3 Å². The molecule has 9 heteroatoms. The summed E-state index contributed by atoms with van der Waals surface area (Å²) in [6.45, 7) is 4.48. The molecule has 0 aromatic heterocycles. The molecule has 3 rings (SSSR count). The van der Waals surface area contributed by atoms with Crippen LogP contribution in [0.2, 0.25) is 0 Å². The van der Waals surface area contributed by atoms with Crippen molar-refractivity contribution in [2.45, 2.75) is 19.0 Å². The largest absolute Gasteiger partial charge is 0.465 e. The molecule has 2 aromatic carbocycles. The van der Waals surface area contributed by atoms with Gasteiger partial charge in [-0.2, -0.15) is 4.31 Å². The summed E-state index contributed by atoms with van der Waals surface area (Å²) in [5.41, 5.74) is 2.49. The van der Waals surface area contributed by atoms with E-state index >= 15 is 0 Å². The van der Waals surface area contributed by atoms with Crippen molar-refractivity contribution in [1.82, 2.24) is 14.5 Å². The normalized spacial score (nSPS) is 15.5. The van der Waals surface area contributed by atoms with Crippen LogP contribution >= 0.6 is 12.4 Å². The number of nitrogens with zero attached hydrogens (tertiary/aromatic N) is 2. The number of nitrogens with one attached hydrogen (secondary N) is 1. The van der Waals surface area contributed by atoms with Crippen molar-refractivity contribution in [1.29, 1.82) is 0 Å². The van der Waals surface area contributed by atoms with Crippen LogP contribution in [0.1, 0.15) is 33.9 Å². The summed E-state index contributed by atoms with van der Waals surface area (Å²) in [6.07, 6.45) is 0.716. The molecule has 1 N–H and O–H groups in total. The van der Waals surface area contributed by atoms with E-state index in [1.54, 1.807) is 24.3 Å². The van der Waals surface area contributed by atoms with Gasteiger partial charge in [-0.3, -0.25) is 4.90 Å². The number of halogens is 1. The molecular formula is C22H30ClN3O4S. The zero-order chi connectivity index (χ0) is 21.3. The Bertz CT molecular complexity index is 879. The number of carbonyl (C=O) groups excluding carboxylic acids is 1. The lowest BCUT2D eigenvalue weighted by molar-refractivity contribution is 0.0600. The Hall–Kier alpha value is -1.97. The minimum Gasteiger partial charge on any atom is -0.465 e. The lowest BCUT2D eigenvalue weighted by Gasteiger charge is -2.36. The van der Waals surface area contributed by atoms with Crippen molar-refractivity contribution in [2.24, 2.45) is 0 Å². The highest BCUT2D eigenvalue weighted by atomic mass is 35.5. The van der Waals surface area contributed by atoms with Gasteiger partial charge in [0.2, 0.25) is 10.9 Å². The third kappa shape index (κ3) is 7.29. The van der Waals surface area contributed by atoms with Gasteiger partial charge in [0.15, 0.2) is 0 Å². The van der Waals surface area contributed by atoms with E-state index in [0.29, 0.717) is 18.5 Å². The average molecular weight is 468 g/mol. The quantitative estimate of drug-likeness (QED) is 0.435. The first kappa shape index (κ1) is 25.3. The van der Waals surface area contributed by atoms with E-state index in [1.165, 1.54) is 17.0 Å². The van der Waals surface area contributed by atoms with Crippen LogP contribution in [0.15, 0.2) is 54.6 Å². The number of rotatable bonds is 9. The monoisotopic (exact) mass is 467 g/mol. The molecule has 0 aliphatic carbocycles. The standard InChI is InChI=1S/C22H29N3O4S.ClH/c1-29-22(26)20-9-7-18(8-10-20)17-25(30(27)28)14-11-21(19-5-3-2-4-6-19)24-15-12-23-13-16-24;/h2-10,21,23,30H,11-17H2,1H3;1H. The molecule has 1 saturated heterocycles. The predicted octanol–water partition coefficient (Wildman–Crippen LogP) is 2.26. The second-order valence-corrected chi connectivity index (χ2v) is 8.36. The third-order valence-electron chi connectivity index (χ3n) is 5.41. The fourth-order valence-electron chi connectivity index (χ4n) is 3.79. The molecule has 170 valence electrons. The maximum absolute atomic E-state index is 11.9. The van der Waals surface area contributed by atoms with Gasteiger partial charge in [0, 0.05) is 45.3 Å². The van der Waals surface area contributed by atoms with E-state index in [1.807, 2.05) is 18.2 Å². The molecule has 1 fully saturated rings. The van der Waals surface area contributed by atoms with Crippen LogP contribution in [0.4, 0.5) is 0 Å². The molecule has 1 atom stereocenters. The van der Waals surface area contributed by atoms with Gasteiger partial charge in [-0.1, -0.05) is 42.5 Å². The van der Waals surface area contributed by atoms with E-state index in [0.717, 1.165) is 31.7 Å². The highest BCUT2D eigenvalue weighted by molar-refractivity contribution is 7.69. The summed E-state index contributed by atoms with van der Waals surface area (Å²) in [6, 6.07) is 17.3. The summed E-state index contributed by atoms with van der Waals surface area (Å²) in [5, 5.41) is 3.37. The zero-order valence-electron chi connectivity index (χ0n) is 17.6. The van der Waals surface area contributed by atoms with Gasteiger partial charge in [-0.25, -0.2) is 13.2 Å². The summed E-state index contributed by atoms with van der Waals surface area (Å²) >= 11 is 0. The maximum atomic E-state index is 11.9. The fourth-order valence-corrected chi connectivity index (χ4v) is 4.35. The highest BCUT2D eigenvalue weighted by Gasteiger charge is 2.23. The molecule has 1 aliphatic heterocycles. The Balaban J connectivity index is 0.00000341. The summed E-state index contributed by atoms with van der Waals surface area (Å²) in [4.78, 5) is 14.0. The number of methoxy groups -OCH3 is 1. The SMILES string of the molecule is COC(=O)c1ccc(CN(CCC(c2ccccc2)N2CCNCC2)[SH](=O)=O)cc1.Cl. The number of hydrogen-bond acceptors (Lipinski definition) is 6. The summed E-state index contributed by atoms with van der Waals surface area (Å²) in [5.74, 6) is -0.407. The van der Waals surface area contributed by atoms with Gasteiger partial charge in [-0.15, -0.1) is 12.4 Å². The molecule has 2 aromatic rings. The third-order valence-corrected chi connectivity index (χ3v) is 6.21. The second kappa shape index (κ2) is 12.8. The molecule has 1 aliphatic rings. The summed E-state index contributed by atoms with van der Waals surface area (Å²) in [7, 11) is -1.38. The first-order chi connectivity index (χ1) is 14.6. The molecule has 1 heterocycles. The number of esters is 1. The number of ether oxygens (including phenoxy) is 1. The molecule has 0 saturated carbocycles. The van der Waals surface area contributed by atoms with E-state index in [2.05, 4.69) is 22.3 Å². The number of carbonyl (C=O) groups is 1. The average Bonchev–Trinajstić information content (AvgIpc) is 2.79. The first-order valence-electron chi connectivity index (χ1n) is 10.1. The topological polar surface area (TPSA) is 79.0 Å². The van der Waals surface area contributed by atoms with Crippen LogP contribution in [0, 0.1) is 0 Å². The Morgan fingerprint density at radius 3 is 2.32 bits per heavy atom. The van der Waals surface area contributed by atoms with Gasteiger partial charge >= 0.3 is 5.97 Å². The molecule has 31 heavy (non-hydrogen) atoms. The molecule has 0 radical (unpaired) electrons. The fraction of sp³-hybridized carbons (Fsp3) is 0.409. The first-order valence-corrected chi connectivity index (χ1v) is 11.3. The minimum atomic E-state index is -2.72. The Morgan fingerprint density at radius 2 is 1.74 bits per heavy atom. The van der Waals surface area contributed by atoms with Crippen LogP contribution in [0.25, 0.3) is 0 Å². The number of piperazine rings is 1. The van der Waals surface area contributed by atoms with Gasteiger partial charge in [0.05, 0.1) is 12.7 Å². The number of benzene rings is 2. The highest BCUT2D eigenvalue weighted by Crippen LogP contribution is 2.25. The number of hydrogen-bond donors (Lipinski definition) is 2. The Labute approximate surface area is 191 Å². The Morgan fingerprint density at radius 1 is 1.10 bits per heavy atom. The Kier molecular flexibility index (Phi) is 10.4. The van der Waals surface area contributed by atoms with Crippen molar-refractivity contribution in [3.63, 3.8) is 0 Å². The summed E-state index contributed by atoms with van der Waals surface area (Å²) < 4.78 is 30.0. The smallest absolute Gasteiger partial charge is 0.337 e. The van der Waals surface area contributed by atoms with Crippen LogP contribution < -0.4 is 5.32 Å². The van der Waals surface area contributed by atoms with Crippen molar-refractivity contribution >= 4 is 29.3 Å². The predicted molar refractivity (Wildman–Crippen MR) is 124 cm³/mol. The van der Waals surface area contributed by atoms with E-state index in [4.69, 9.17) is 4.74 Å². The van der Waals surface area contributed by atoms with E-state index in [-0.39, 0.29) is 25.0 Å². The van der Waals surface area contributed by atoms with Crippen molar-refractivity contribution in [3.8, 4) is 0 Å². The molecule has 1 unspecified atom stereocenters. The van der Waals surface area contributed by atoms with Crippen LogP contribution in [0.5, 0.6) is 0 Å². The maximum Gasteiger partial charge on any atom is 0.337 e. The second-order valence-electron chi connectivity index (χ2n) is 7.32. The van der Waals surface area contributed by atoms with E-state index in [9.17, 15) is 13.2 Å². The molecular weight excluding hydrogens is 438 g/mol. The van der Waals surface area contributed by atoms with Gasteiger partial charge in [-0.05, 0) is 29.7 Å². The van der Waals surface area contributed by atoms with E-state index < -0.39 is 16.9 Å². The molecule has 7 nitrogen and oxygen atoms in total. The van der Waals surface area contributed by atoms with Gasteiger partial charge < -0.3 is 10.1 Å². The van der Waals surface area contributed by atoms with Gasteiger partial charge in [0.1, 0.15) is 0 Å². The minimum absolute atomic E-state index is 0.